The van der Waals surface area contributed by atoms with E-state index in [-0.39, 0.29) is 5.04 Å². The first-order chi connectivity index (χ1) is 6.60. The molecule has 1 aliphatic carbocycles. The number of hydrogen-bond acceptors (Lipinski definition) is 4. The number of rotatable bonds is 3. The molecule has 4 nitrogen and oxygen atoms in total. The topological polar surface area (TPSA) is 58.5 Å². The summed E-state index contributed by atoms with van der Waals surface area (Å²) in [5.41, 5.74) is 0. The van der Waals surface area contributed by atoms with Crippen molar-refractivity contribution in [3.63, 3.8) is 0 Å². The zero-order valence-corrected chi connectivity index (χ0v) is 8.97. The van der Waals surface area contributed by atoms with Gasteiger partial charge in [-0.15, -0.1) is 0 Å². The lowest BCUT2D eigenvalue weighted by atomic mass is 9.93. The van der Waals surface area contributed by atoms with Gasteiger partial charge in [-0.25, -0.2) is 13.4 Å². The Balaban J connectivity index is 1.94. The van der Waals surface area contributed by atoms with Crippen LogP contribution in [0.2, 0.25) is 0 Å². The monoisotopic (exact) mass is 214 g/mol. The van der Waals surface area contributed by atoms with Gasteiger partial charge in [0.1, 0.15) is 0 Å². The van der Waals surface area contributed by atoms with Crippen LogP contribution in [-0.2, 0) is 9.84 Å². The zero-order valence-electron chi connectivity index (χ0n) is 8.16. The van der Waals surface area contributed by atoms with Crippen LogP contribution in [0, 0.1) is 0 Å². The zero-order chi connectivity index (χ0) is 10.2. The third-order valence-electron chi connectivity index (χ3n) is 2.77. The van der Waals surface area contributed by atoms with Crippen molar-refractivity contribution in [1.29, 1.82) is 0 Å². The van der Waals surface area contributed by atoms with Gasteiger partial charge >= 0.3 is 0 Å². The van der Waals surface area contributed by atoms with E-state index in [1.54, 1.807) is 6.92 Å². The van der Waals surface area contributed by atoms with Crippen molar-refractivity contribution < 1.29 is 8.42 Å². The van der Waals surface area contributed by atoms with Gasteiger partial charge in [0, 0.05) is 18.8 Å². The average Bonchev–Trinajstić information content (AvgIpc) is 2.28. The third-order valence-corrected chi connectivity index (χ3v) is 4.59. The number of nitrogens with zero attached hydrogens (tertiary/aromatic N) is 1. The molecule has 0 spiro atoms. The van der Waals surface area contributed by atoms with Crippen LogP contribution in [0.1, 0.15) is 26.2 Å². The highest BCUT2D eigenvalue weighted by molar-refractivity contribution is 8.10. The minimum absolute atomic E-state index is 0.266. The van der Waals surface area contributed by atoms with Crippen LogP contribution in [0.4, 0.5) is 0 Å². The summed E-state index contributed by atoms with van der Waals surface area (Å²) in [6.07, 6.45) is 4.97. The van der Waals surface area contributed by atoms with Gasteiger partial charge in [-0.1, -0.05) is 6.42 Å². The number of hydrogen-bond donors (Lipinski definition) is 1. The molecular formula is C9H14N2O2S. The maximum absolute atomic E-state index is 11.6. The predicted octanol–water partition coefficient (Wildman–Crippen LogP) is 0.817. The van der Waals surface area contributed by atoms with E-state index in [0.717, 1.165) is 12.8 Å². The molecule has 0 aromatic heterocycles. The van der Waals surface area contributed by atoms with Crippen molar-refractivity contribution in [2.24, 2.45) is 4.99 Å². The molecule has 0 radical (unpaired) electrons. The minimum Gasteiger partial charge on any atom is -0.308 e. The maximum Gasteiger partial charge on any atom is 0.218 e. The Bertz CT molecular complexity index is 391. The fraction of sp³-hybridized carbons (Fsp3) is 0.667. The van der Waals surface area contributed by atoms with Crippen molar-refractivity contribution in [3.05, 3.63) is 11.1 Å². The van der Waals surface area contributed by atoms with E-state index < -0.39 is 9.84 Å². The molecule has 0 aromatic carbocycles. The van der Waals surface area contributed by atoms with E-state index in [1.165, 1.54) is 12.6 Å². The van der Waals surface area contributed by atoms with Crippen molar-refractivity contribution in [1.82, 2.24) is 5.32 Å². The molecule has 0 aromatic rings. The summed E-state index contributed by atoms with van der Waals surface area (Å²) >= 11 is 0. The van der Waals surface area contributed by atoms with Gasteiger partial charge < -0.3 is 5.32 Å². The lowest BCUT2D eigenvalue weighted by molar-refractivity contribution is 0.355. The molecule has 1 N–H and O–H groups in total. The summed E-state index contributed by atoms with van der Waals surface area (Å²) < 4.78 is 23.1. The molecular weight excluding hydrogens is 200 g/mol. The van der Waals surface area contributed by atoms with E-state index in [2.05, 4.69) is 10.3 Å². The molecule has 1 aliphatic heterocycles. The van der Waals surface area contributed by atoms with Gasteiger partial charge in [0.15, 0.2) is 5.04 Å². The highest BCUT2D eigenvalue weighted by Crippen LogP contribution is 2.19. The summed E-state index contributed by atoms with van der Waals surface area (Å²) in [5.74, 6) is 0. The molecule has 1 fully saturated rings. The fourth-order valence-electron chi connectivity index (χ4n) is 1.47. The Morgan fingerprint density at radius 3 is 2.71 bits per heavy atom. The van der Waals surface area contributed by atoms with E-state index in [0.29, 0.717) is 17.5 Å². The van der Waals surface area contributed by atoms with Gasteiger partial charge in [0.2, 0.25) is 9.84 Å². The lowest BCUT2D eigenvalue weighted by Gasteiger charge is -2.26. The van der Waals surface area contributed by atoms with Crippen molar-refractivity contribution in [2.45, 2.75) is 32.2 Å². The van der Waals surface area contributed by atoms with Crippen molar-refractivity contribution in [2.75, 3.05) is 6.54 Å². The Morgan fingerprint density at radius 2 is 2.29 bits per heavy atom. The standard InChI is InChI=1S/C9H14N2O2S/c1-7-5-11-9(14(7,12)13)6-10-8-3-2-4-8/h5,8,10H,2-4,6H2,1H3. The number of nitrogens with one attached hydrogen (secondary N) is 1. The smallest absolute Gasteiger partial charge is 0.218 e. The van der Waals surface area contributed by atoms with Crippen LogP contribution in [0.25, 0.3) is 0 Å². The summed E-state index contributed by atoms with van der Waals surface area (Å²) in [4.78, 5) is 4.25. The second kappa shape index (κ2) is 3.47. The van der Waals surface area contributed by atoms with Gasteiger partial charge in [-0.05, 0) is 19.8 Å². The lowest BCUT2D eigenvalue weighted by Crippen LogP contribution is -2.39. The Kier molecular flexibility index (Phi) is 2.45. The first-order valence-electron chi connectivity index (χ1n) is 4.82. The largest absolute Gasteiger partial charge is 0.308 e. The van der Waals surface area contributed by atoms with Gasteiger partial charge in [-0.2, -0.15) is 0 Å². The normalized spacial score (nSPS) is 25.5. The summed E-state index contributed by atoms with van der Waals surface area (Å²) in [7, 11) is -3.20. The number of sulfone groups is 1. The minimum atomic E-state index is -3.20. The van der Waals surface area contributed by atoms with Gasteiger partial charge in [0.05, 0.1) is 4.91 Å². The van der Waals surface area contributed by atoms with E-state index >= 15 is 0 Å². The van der Waals surface area contributed by atoms with Crippen LogP contribution >= 0.6 is 0 Å². The Labute approximate surface area is 84.0 Å². The number of aliphatic imine (C=N–C) groups is 1. The predicted molar refractivity (Wildman–Crippen MR) is 55.8 cm³/mol. The Hall–Kier alpha value is -0.680. The van der Waals surface area contributed by atoms with E-state index in [4.69, 9.17) is 0 Å². The SMILES string of the molecule is CC1=CN=C(CNC2CCC2)S1(=O)=O. The van der Waals surface area contributed by atoms with Crippen LogP contribution in [0.3, 0.4) is 0 Å². The molecule has 2 rings (SSSR count). The molecule has 0 bridgehead atoms. The quantitative estimate of drug-likeness (QED) is 0.756. The summed E-state index contributed by atoms with van der Waals surface area (Å²) in [5, 5.41) is 3.46. The van der Waals surface area contributed by atoms with Crippen LogP contribution in [0.5, 0.6) is 0 Å². The van der Waals surface area contributed by atoms with Crippen molar-refractivity contribution in [3.8, 4) is 0 Å². The van der Waals surface area contributed by atoms with E-state index in [9.17, 15) is 8.42 Å². The molecule has 0 saturated heterocycles. The van der Waals surface area contributed by atoms with Gasteiger partial charge in [0.25, 0.3) is 0 Å². The summed E-state index contributed by atoms with van der Waals surface area (Å²) in [6.45, 7) is 1.95. The van der Waals surface area contributed by atoms with Crippen molar-refractivity contribution >= 4 is 14.9 Å². The molecule has 14 heavy (non-hydrogen) atoms. The summed E-state index contributed by atoms with van der Waals surface area (Å²) in [6, 6.07) is 0.494. The second-order valence-corrected chi connectivity index (χ2v) is 5.90. The highest BCUT2D eigenvalue weighted by atomic mass is 32.2. The van der Waals surface area contributed by atoms with Crippen LogP contribution in [0.15, 0.2) is 16.1 Å². The Morgan fingerprint density at radius 1 is 1.57 bits per heavy atom. The fourth-order valence-corrected chi connectivity index (χ4v) is 2.50. The molecule has 2 aliphatic rings. The number of allylic oxidation sites excluding steroid dienone is 1. The highest BCUT2D eigenvalue weighted by Gasteiger charge is 2.27. The molecule has 78 valence electrons. The third kappa shape index (κ3) is 1.62. The first-order valence-corrected chi connectivity index (χ1v) is 6.31. The van der Waals surface area contributed by atoms with Crippen LogP contribution in [-0.4, -0.2) is 26.0 Å². The molecule has 0 amide bonds. The average molecular weight is 214 g/mol. The first kappa shape index (κ1) is 9.86. The molecule has 5 heteroatoms. The molecule has 1 heterocycles. The second-order valence-electron chi connectivity index (χ2n) is 3.77. The van der Waals surface area contributed by atoms with Crippen LogP contribution < -0.4 is 5.32 Å². The maximum atomic E-state index is 11.6. The van der Waals surface area contributed by atoms with Gasteiger partial charge in [-0.3, -0.25) is 0 Å². The molecule has 0 atom stereocenters. The van der Waals surface area contributed by atoms with E-state index in [1.807, 2.05) is 0 Å². The molecule has 0 unspecified atom stereocenters. The molecule has 1 saturated carbocycles.